The van der Waals surface area contributed by atoms with Crippen molar-refractivity contribution in [1.82, 2.24) is 20.0 Å². The summed E-state index contributed by atoms with van der Waals surface area (Å²) >= 11 is 0. The number of aliphatic hydroxyl groups is 1. The number of carbonyl (C=O) groups excluding carboxylic acids is 3. The van der Waals surface area contributed by atoms with E-state index >= 15 is 0 Å². The Kier molecular flexibility index (Phi) is 9.97. The molecule has 0 aliphatic carbocycles. The SMILES string of the molecule is COCC(=O)N1CCN(Cc2ccc(OCCCN3CC(=O)NC3=O)cc2)C[C@](O)(COc2ccc(C)cc2)C1. The molecule has 2 saturated heterocycles. The molecule has 0 spiro atoms. The highest BCUT2D eigenvalue weighted by Gasteiger charge is 2.37. The predicted octanol–water partition coefficient (Wildman–Crippen LogP) is 1.42. The molecular weight excluding hydrogens is 516 g/mol. The van der Waals surface area contributed by atoms with Crippen LogP contribution in [0.3, 0.4) is 0 Å². The number of amides is 4. The number of rotatable bonds is 12. The molecule has 2 aliphatic rings. The fourth-order valence-electron chi connectivity index (χ4n) is 4.81. The van der Waals surface area contributed by atoms with E-state index in [2.05, 4.69) is 10.2 Å². The van der Waals surface area contributed by atoms with Crippen molar-refractivity contribution in [2.75, 3.05) is 66.2 Å². The standard InChI is InChI=1S/C29H38N4O7/c1-22-4-8-25(9-5-22)40-21-29(37)19-31(13-14-33(20-29)27(35)18-38-2)16-23-6-10-24(11-7-23)39-15-3-12-32-17-26(34)30-28(32)36/h4-11,37H,3,12-21H2,1-2H3,(H,30,34,36)/t29-/m1/s1. The van der Waals surface area contributed by atoms with Gasteiger partial charge in [0.15, 0.2) is 0 Å². The van der Waals surface area contributed by atoms with E-state index in [1.807, 2.05) is 55.5 Å². The molecule has 40 heavy (non-hydrogen) atoms. The number of hydrogen-bond donors (Lipinski definition) is 2. The summed E-state index contributed by atoms with van der Waals surface area (Å²) in [6, 6.07) is 15.0. The first kappa shape index (κ1) is 29.3. The summed E-state index contributed by atoms with van der Waals surface area (Å²) in [6.07, 6.45) is 0.609. The Morgan fingerprint density at radius 3 is 2.38 bits per heavy atom. The van der Waals surface area contributed by atoms with Crippen LogP contribution >= 0.6 is 0 Å². The number of nitrogens with zero attached hydrogens (tertiary/aromatic N) is 3. The summed E-state index contributed by atoms with van der Waals surface area (Å²) < 4.78 is 16.8. The third kappa shape index (κ3) is 8.41. The summed E-state index contributed by atoms with van der Waals surface area (Å²) in [5.74, 6) is 0.923. The molecule has 216 valence electrons. The predicted molar refractivity (Wildman–Crippen MR) is 147 cm³/mol. The van der Waals surface area contributed by atoms with Crippen molar-refractivity contribution in [3.05, 3.63) is 59.7 Å². The number of aryl methyl sites for hydroxylation is 1. The van der Waals surface area contributed by atoms with Crippen LogP contribution in [-0.4, -0.2) is 109 Å². The molecule has 0 radical (unpaired) electrons. The highest BCUT2D eigenvalue weighted by molar-refractivity contribution is 6.01. The van der Waals surface area contributed by atoms with E-state index in [1.54, 1.807) is 4.90 Å². The number of ether oxygens (including phenoxy) is 3. The maximum absolute atomic E-state index is 12.6. The van der Waals surface area contributed by atoms with Crippen LogP contribution < -0.4 is 14.8 Å². The van der Waals surface area contributed by atoms with Crippen LogP contribution in [-0.2, 0) is 20.9 Å². The lowest BCUT2D eigenvalue weighted by atomic mass is 10.0. The Balaban J connectivity index is 1.32. The van der Waals surface area contributed by atoms with Crippen molar-refractivity contribution in [2.45, 2.75) is 25.5 Å². The fraction of sp³-hybridized carbons (Fsp3) is 0.483. The van der Waals surface area contributed by atoms with Crippen LogP contribution in [0.4, 0.5) is 4.79 Å². The van der Waals surface area contributed by atoms with Gasteiger partial charge in [0, 0.05) is 39.8 Å². The third-order valence-electron chi connectivity index (χ3n) is 6.88. The highest BCUT2D eigenvalue weighted by atomic mass is 16.5. The van der Waals surface area contributed by atoms with Crippen molar-refractivity contribution in [2.24, 2.45) is 0 Å². The smallest absolute Gasteiger partial charge is 0.324 e. The first-order valence-corrected chi connectivity index (χ1v) is 13.4. The van der Waals surface area contributed by atoms with Gasteiger partial charge in [0.25, 0.3) is 0 Å². The van der Waals surface area contributed by atoms with E-state index in [1.165, 1.54) is 12.0 Å². The molecule has 2 fully saturated rings. The maximum atomic E-state index is 12.6. The molecule has 1 atom stereocenters. The number of nitrogens with one attached hydrogen (secondary N) is 1. The van der Waals surface area contributed by atoms with Crippen molar-refractivity contribution in [3.8, 4) is 11.5 Å². The van der Waals surface area contributed by atoms with Crippen LogP contribution in [0.15, 0.2) is 48.5 Å². The summed E-state index contributed by atoms with van der Waals surface area (Å²) in [5.41, 5.74) is 0.886. The number of β-amino-alcohol motifs (C(OH)–C–C–N with tert-alkyl or cyclic N) is 1. The average molecular weight is 555 g/mol. The van der Waals surface area contributed by atoms with Gasteiger partial charge in [0.2, 0.25) is 11.8 Å². The molecular formula is C29H38N4O7. The van der Waals surface area contributed by atoms with E-state index in [-0.39, 0.29) is 44.1 Å². The van der Waals surface area contributed by atoms with Gasteiger partial charge in [-0.05, 0) is 43.2 Å². The molecule has 2 aromatic carbocycles. The number of methoxy groups -OCH3 is 1. The Morgan fingerprint density at radius 1 is 1.00 bits per heavy atom. The van der Waals surface area contributed by atoms with Gasteiger partial charge in [-0.25, -0.2) is 4.79 Å². The summed E-state index contributed by atoms with van der Waals surface area (Å²) in [4.78, 5) is 40.7. The van der Waals surface area contributed by atoms with Crippen LogP contribution in [0, 0.1) is 6.92 Å². The number of benzene rings is 2. The van der Waals surface area contributed by atoms with E-state index < -0.39 is 5.60 Å². The van der Waals surface area contributed by atoms with Gasteiger partial charge < -0.3 is 29.1 Å². The second-order valence-corrected chi connectivity index (χ2v) is 10.4. The molecule has 11 heteroatoms. The van der Waals surface area contributed by atoms with E-state index in [4.69, 9.17) is 14.2 Å². The molecule has 2 N–H and O–H groups in total. The van der Waals surface area contributed by atoms with Crippen molar-refractivity contribution < 1.29 is 33.7 Å². The Bertz CT molecular complexity index is 1160. The van der Waals surface area contributed by atoms with Crippen LogP contribution in [0.5, 0.6) is 11.5 Å². The molecule has 0 aromatic heterocycles. The van der Waals surface area contributed by atoms with Crippen LogP contribution in [0.2, 0.25) is 0 Å². The Morgan fingerprint density at radius 2 is 1.70 bits per heavy atom. The van der Waals surface area contributed by atoms with Crippen molar-refractivity contribution >= 4 is 17.8 Å². The van der Waals surface area contributed by atoms with Crippen LogP contribution in [0.25, 0.3) is 0 Å². The lowest BCUT2D eigenvalue weighted by molar-refractivity contribution is -0.138. The summed E-state index contributed by atoms with van der Waals surface area (Å²) in [7, 11) is 1.48. The second-order valence-electron chi connectivity index (χ2n) is 10.4. The van der Waals surface area contributed by atoms with Crippen molar-refractivity contribution in [1.29, 1.82) is 0 Å². The average Bonchev–Trinajstić information content (AvgIpc) is 3.15. The van der Waals surface area contributed by atoms with Gasteiger partial charge in [0.1, 0.15) is 36.9 Å². The zero-order valence-electron chi connectivity index (χ0n) is 23.1. The minimum absolute atomic E-state index is 0.0420. The number of urea groups is 1. The van der Waals surface area contributed by atoms with Gasteiger partial charge in [0.05, 0.1) is 13.2 Å². The quantitative estimate of drug-likeness (QED) is 0.299. The van der Waals surface area contributed by atoms with E-state index in [9.17, 15) is 19.5 Å². The molecule has 11 nitrogen and oxygen atoms in total. The summed E-state index contributed by atoms with van der Waals surface area (Å²) in [5, 5.41) is 13.9. The van der Waals surface area contributed by atoms with E-state index in [0.29, 0.717) is 57.3 Å². The lowest BCUT2D eigenvalue weighted by Crippen LogP contribution is -2.52. The number of carbonyl (C=O) groups is 3. The largest absolute Gasteiger partial charge is 0.494 e. The summed E-state index contributed by atoms with van der Waals surface area (Å²) in [6.45, 7) is 5.09. The molecule has 0 bridgehead atoms. The third-order valence-corrected chi connectivity index (χ3v) is 6.88. The van der Waals surface area contributed by atoms with Gasteiger partial charge >= 0.3 is 6.03 Å². The topological polar surface area (TPSA) is 121 Å². The van der Waals surface area contributed by atoms with Gasteiger partial charge in [-0.2, -0.15) is 0 Å². The zero-order valence-corrected chi connectivity index (χ0v) is 23.1. The highest BCUT2D eigenvalue weighted by Crippen LogP contribution is 2.21. The minimum Gasteiger partial charge on any atom is -0.494 e. The Labute approximate surface area is 234 Å². The zero-order chi connectivity index (χ0) is 28.5. The maximum Gasteiger partial charge on any atom is 0.324 e. The molecule has 0 saturated carbocycles. The first-order valence-electron chi connectivity index (χ1n) is 13.4. The number of hydrogen-bond acceptors (Lipinski definition) is 8. The molecule has 2 aliphatic heterocycles. The van der Waals surface area contributed by atoms with Gasteiger partial charge in [-0.15, -0.1) is 0 Å². The molecule has 4 rings (SSSR count). The molecule has 2 aromatic rings. The lowest BCUT2D eigenvalue weighted by Gasteiger charge is -2.33. The van der Waals surface area contributed by atoms with E-state index in [0.717, 1.165) is 11.1 Å². The minimum atomic E-state index is -1.27. The second kappa shape index (κ2) is 13.6. The molecule has 2 heterocycles. The van der Waals surface area contributed by atoms with Gasteiger partial charge in [-0.3, -0.25) is 19.8 Å². The Hall–Kier alpha value is -3.67. The molecule has 0 unspecified atom stereocenters. The normalized spacial score (nSPS) is 19.9. The van der Waals surface area contributed by atoms with Gasteiger partial charge in [-0.1, -0.05) is 29.8 Å². The fourth-order valence-corrected chi connectivity index (χ4v) is 4.81. The van der Waals surface area contributed by atoms with Crippen molar-refractivity contribution in [3.63, 3.8) is 0 Å². The monoisotopic (exact) mass is 554 g/mol. The van der Waals surface area contributed by atoms with Crippen LogP contribution in [0.1, 0.15) is 17.5 Å². The number of imide groups is 1. The first-order chi connectivity index (χ1) is 19.2. The molecule has 4 amide bonds.